The molecule has 4 rings (SSSR count). The molecule has 1 aliphatic heterocycles. The lowest BCUT2D eigenvalue weighted by atomic mass is 10.0. The first-order valence-corrected chi connectivity index (χ1v) is 11.1. The maximum atomic E-state index is 13.3. The fourth-order valence-electron chi connectivity index (χ4n) is 3.44. The number of ether oxygens (including phenoxy) is 1. The van der Waals surface area contributed by atoms with E-state index >= 15 is 0 Å². The van der Waals surface area contributed by atoms with Gasteiger partial charge in [0.1, 0.15) is 18.2 Å². The van der Waals surface area contributed by atoms with E-state index < -0.39 is 11.9 Å². The van der Waals surface area contributed by atoms with E-state index in [9.17, 15) is 9.59 Å². The number of carbonyl (C=O) groups is 2. The van der Waals surface area contributed by atoms with E-state index in [0.717, 1.165) is 16.9 Å². The number of amides is 2. The summed E-state index contributed by atoms with van der Waals surface area (Å²) in [4.78, 5) is 40.8. The summed E-state index contributed by atoms with van der Waals surface area (Å²) in [5, 5.41) is 2.98. The van der Waals surface area contributed by atoms with Crippen LogP contribution in [0.15, 0.2) is 54.7 Å². The molecule has 0 saturated carbocycles. The number of hydrogen-bond acceptors (Lipinski definition) is 7. The van der Waals surface area contributed by atoms with E-state index in [1.54, 1.807) is 23.8 Å². The SMILES string of the molecule is O=C(N[C@H]1CCOC1)[C@@H](c1cncnc1)N(C(=O)CCl)c1ccc(-c2cncs2)cc1. The van der Waals surface area contributed by atoms with Gasteiger partial charge in [0, 0.05) is 36.4 Å². The smallest absolute Gasteiger partial charge is 0.248 e. The maximum absolute atomic E-state index is 13.3. The molecule has 1 N–H and O–H groups in total. The van der Waals surface area contributed by atoms with Crippen molar-refractivity contribution in [2.24, 2.45) is 0 Å². The van der Waals surface area contributed by atoms with Gasteiger partial charge in [-0.25, -0.2) is 9.97 Å². The molecule has 8 nitrogen and oxygen atoms in total. The minimum Gasteiger partial charge on any atom is -0.379 e. The lowest BCUT2D eigenvalue weighted by Crippen LogP contribution is -2.47. The average molecular weight is 458 g/mol. The van der Waals surface area contributed by atoms with Crippen LogP contribution in [0.25, 0.3) is 10.4 Å². The Bertz CT molecular complexity index is 1010. The molecule has 1 saturated heterocycles. The van der Waals surface area contributed by atoms with Crippen molar-refractivity contribution in [3.8, 4) is 10.4 Å². The molecule has 0 bridgehead atoms. The molecule has 0 spiro atoms. The molecule has 1 aliphatic rings. The van der Waals surface area contributed by atoms with Crippen molar-refractivity contribution in [2.75, 3.05) is 24.0 Å². The van der Waals surface area contributed by atoms with E-state index in [2.05, 4.69) is 20.3 Å². The van der Waals surface area contributed by atoms with Crippen LogP contribution in [0.1, 0.15) is 18.0 Å². The summed E-state index contributed by atoms with van der Waals surface area (Å²) >= 11 is 7.46. The zero-order valence-corrected chi connectivity index (χ0v) is 18.1. The number of carbonyl (C=O) groups excluding carboxylic acids is 2. The minimum absolute atomic E-state index is 0.110. The number of rotatable bonds is 7. The Kier molecular flexibility index (Phi) is 6.86. The van der Waals surface area contributed by atoms with Gasteiger partial charge in [-0.05, 0) is 24.1 Å². The van der Waals surface area contributed by atoms with Crippen LogP contribution < -0.4 is 10.2 Å². The monoisotopic (exact) mass is 457 g/mol. The summed E-state index contributed by atoms with van der Waals surface area (Å²) in [6.07, 6.45) is 6.94. The molecule has 10 heteroatoms. The van der Waals surface area contributed by atoms with Gasteiger partial charge in [-0.2, -0.15) is 0 Å². The Morgan fingerprint density at radius 2 is 1.97 bits per heavy atom. The predicted octanol–water partition coefficient (Wildman–Crippen LogP) is 2.82. The molecule has 3 heterocycles. The van der Waals surface area contributed by atoms with E-state index in [0.29, 0.717) is 24.5 Å². The van der Waals surface area contributed by atoms with Crippen LogP contribution >= 0.6 is 22.9 Å². The molecule has 1 fully saturated rings. The number of alkyl halides is 1. The van der Waals surface area contributed by atoms with Gasteiger partial charge in [0.25, 0.3) is 0 Å². The van der Waals surface area contributed by atoms with E-state index in [-0.39, 0.29) is 17.8 Å². The maximum Gasteiger partial charge on any atom is 0.248 e. The molecule has 0 aliphatic carbocycles. The van der Waals surface area contributed by atoms with Gasteiger partial charge < -0.3 is 10.1 Å². The fraction of sp³-hybridized carbons (Fsp3) is 0.286. The van der Waals surface area contributed by atoms with Crippen molar-refractivity contribution in [1.29, 1.82) is 0 Å². The highest BCUT2D eigenvalue weighted by Crippen LogP contribution is 2.31. The zero-order valence-electron chi connectivity index (χ0n) is 16.5. The highest BCUT2D eigenvalue weighted by molar-refractivity contribution is 7.13. The van der Waals surface area contributed by atoms with Gasteiger partial charge in [0.05, 0.1) is 23.0 Å². The van der Waals surface area contributed by atoms with E-state index in [1.807, 2.05) is 12.1 Å². The van der Waals surface area contributed by atoms with Gasteiger partial charge in [-0.3, -0.25) is 19.5 Å². The van der Waals surface area contributed by atoms with Crippen LogP contribution in [0.5, 0.6) is 0 Å². The van der Waals surface area contributed by atoms with Crippen molar-refractivity contribution in [3.63, 3.8) is 0 Å². The van der Waals surface area contributed by atoms with Crippen LogP contribution in [0.4, 0.5) is 5.69 Å². The Morgan fingerprint density at radius 1 is 1.19 bits per heavy atom. The number of halogens is 1. The number of aromatic nitrogens is 3. The van der Waals surface area contributed by atoms with Gasteiger partial charge in [-0.15, -0.1) is 22.9 Å². The second kappa shape index (κ2) is 9.95. The molecular formula is C21H20ClN5O3S. The van der Waals surface area contributed by atoms with Gasteiger partial charge in [-0.1, -0.05) is 12.1 Å². The summed E-state index contributed by atoms with van der Waals surface area (Å²) in [5.41, 5.74) is 3.76. The average Bonchev–Trinajstić information content (AvgIpc) is 3.52. The molecule has 2 amide bonds. The summed E-state index contributed by atoms with van der Waals surface area (Å²) in [6, 6.07) is 6.28. The Balaban J connectivity index is 1.70. The van der Waals surface area contributed by atoms with Crippen LogP contribution in [0.2, 0.25) is 0 Å². The highest BCUT2D eigenvalue weighted by Gasteiger charge is 2.34. The second-order valence-corrected chi connectivity index (χ2v) is 8.11. The zero-order chi connectivity index (χ0) is 21.6. The number of benzene rings is 1. The van der Waals surface area contributed by atoms with E-state index in [4.69, 9.17) is 16.3 Å². The van der Waals surface area contributed by atoms with Crippen LogP contribution in [0, 0.1) is 0 Å². The van der Waals surface area contributed by atoms with Crippen LogP contribution in [0.3, 0.4) is 0 Å². The summed E-state index contributed by atoms with van der Waals surface area (Å²) in [7, 11) is 0. The van der Waals surface area contributed by atoms with Crippen LogP contribution in [-0.2, 0) is 14.3 Å². The first-order chi connectivity index (χ1) is 15.2. The van der Waals surface area contributed by atoms with Crippen molar-refractivity contribution >= 4 is 40.4 Å². The fourth-order valence-corrected chi connectivity index (χ4v) is 4.20. The Hall–Kier alpha value is -2.88. The largest absolute Gasteiger partial charge is 0.379 e. The predicted molar refractivity (Wildman–Crippen MR) is 118 cm³/mol. The molecular weight excluding hydrogens is 438 g/mol. The molecule has 1 aromatic carbocycles. The Labute approximate surface area is 188 Å². The Morgan fingerprint density at radius 3 is 2.58 bits per heavy atom. The number of nitrogens with zero attached hydrogens (tertiary/aromatic N) is 4. The summed E-state index contributed by atoms with van der Waals surface area (Å²) in [5.74, 6) is -1.02. The third-order valence-corrected chi connectivity index (χ3v) is 5.98. The lowest BCUT2D eigenvalue weighted by molar-refractivity contribution is -0.126. The highest BCUT2D eigenvalue weighted by atomic mass is 35.5. The van der Waals surface area contributed by atoms with Gasteiger partial charge in [0.15, 0.2) is 0 Å². The van der Waals surface area contributed by atoms with Crippen molar-refractivity contribution in [2.45, 2.75) is 18.5 Å². The topological polar surface area (TPSA) is 97.3 Å². The van der Waals surface area contributed by atoms with E-state index in [1.165, 1.54) is 35.0 Å². The van der Waals surface area contributed by atoms with Gasteiger partial charge in [0.2, 0.25) is 11.8 Å². The molecule has 160 valence electrons. The first kappa shape index (κ1) is 21.4. The molecule has 2 atom stereocenters. The normalized spacial score (nSPS) is 16.6. The summed E-state index contributed by atoms with van der Waals surface area (Å²) < 4.78 is 5.36. The third kappa shape index (κ3) is 4.90. The van der Waals surface area contributed by atoms with Crippen molar-refractivity contribution < 1.29 is 14.3 Å². The minimum atomic E-state index is -0.970. The lowest BCUT2D eigenvalue weighted by Gasteiger charge is -2.31. The number of thiazole rings is 1. The van der Waals surface area contributed by atoms with Crippen molar-refractivity contribution in [3.05, 3.63) is 60.3 Å². The molecule has 2 aromatic heterocycles. The second-order valence-electron chi connectivity index (χ2n) is 6.95. The number of hydrogen-bond donors (Lipinski definition) is 1. The third-order valence-electron chi connectivity index (χ3n) is 4.92. The summed E-state index contributed by atoms with van der Waals surface area (Å²) in [6.45, 7) is 1.03. The number of anilines is 1. The molecule has 0 unspecified atom stereocenters. The standard InChI is InChI=1S/C21H20ClN5O3S/c22-7-19(28)27(17-3-1-14(2-4-17)18-10-25-13-31-18)20(15-8-23-12-24-9-15)21(29)26-16-5-6-30-11-16/h1-4,8-10,12-13,16,20H,5-7,11H2,(H,26,29)/t16-,20+/m0/s1. The molecule has 0 radical (unpaired) electrons. The number of nitrogens with one attached hydrogen (secondary N) is 1. The van der Waals surface area contributed by atoms with Gasteiger partial charge >= 0.3 is 0 Å². The first-order valence-electron chi connectivity index (χ1n) is 9.67. The molecule has 3 aromatic rings. The van der Waals surface area contributed by atoms with Crippen molar-refractivity contribution in [1.82, 2.24) is 20.3 Å². The molecule has 31 heavy (non-hydrogen) atoms. The van der Waals surface area contributed by atoms with Crippen LogP contribution in [-0.4, -0.2) is 51.9 Å². The quantitative estimate of drug-likeness (QED) is 0.548.